The smallest absolute Gasteiger partial charge is 0.338 e. The predicted octanol–water partition coefficient (Wildman–Crippen LogP) is 9.59. The van der Waals surface area contributed by atoms with E-state index in [1.165, 1.54) is 13.3 Å². The van der Waals surface area contributed by atoms with Crippen molar-refractivity contribution in [3.63, 3.8) is 0 Å². The Morgan fingerprint density at radius 2 is 1.03 bits per heavy atom. The first-order valence-corrected chi connectivity index (χ1v) is 22.7. The summed E-state index contributed by atoms with van der Waals surface area (Å²) in [5, 5.41) is 2.60. The van der Waals surface area contributed by atoms with Crippen LogP contribution in [0.25, 0.3) is 11.2 Å². The lowest BCUT2D eigenvalue weighted by Crippen LogP contribution is -2.46. The van der Waals surface area contributed by atoms with Crippen LogP contribution in [-0.2, 0) is 34.9 Å². The third-order valence-corrected chi connectivity index (χ3v) is 12.4. The fourth-order valence-corrected chi connectivity index (χ4v) is 9.34. The molecule has 12 nitrogen and oxygen atoms in total. The van der Waals surface area contributed by atoms with E-state index >= 15 is 0 Å². The molecule has 1 saturated heterocycles. The Balaban J connectivity index is 1.20. The molecule has 0 radical (unpaired) electrons. The molecule has 4 atom stereocenters. The third kappa shape index (κ3) is 8.64. The molecule has 69 heavy (non-hydrogen) atoms. The zero-order valence-electron chi connectivity index (χ0n) is 37.5. The second-order valence-electron chi connectivity index (χ2n) is 16.7. The van der Waals surface area contributed by atoms with Gasteiger partial charge in [-0.15, -0.1) is 0 Å². The Bertz CT molecular complexity index is 3020. The van der Waals surface area contributed by atoms with Crippen LogP contribution in [0, 0.1) is 0 Å². The number of nitrogens with zero attached hydrogens (tertiary/aromatic N) is 3. The highest BCUT2D eigenvalue weighted by Gasteiger charge is 2.55. The van der Waals surface area contributed by atoms with Crippen molar-refractivity contribution in [3.8, 4) is 0 Å². The Morgan fingerprint density at radius 1 is 0.609 bits per heavy atom. The van der Waals surface area contributed by atoms with Crippen LogP contribution in [0.2, 0.25) is 0 Å². The summed E-state index contributed by atoms with van der Waals surface area (Å²) in [7, 11) is 0. The van der Waals surface area contributed by atoms with Crippen LogP contribution < -0.4 is 10.9 Å². The molecule has 0 unspecified atom stereocenters. The number of ether oxygens (including phenoxy) is 4. The summed E-state index contributed by atoms with van der Waals surface area (Å²) in [6.45, 7) is 1.17. The summed E-state index contributed by atoms with van der Waals surface area (Å²) in [4.78, 5) is 52.4. The molecule has 7 aromatic carbocycles. The largest absolute Gasteiger partial charge is 0.453 e. The fourth-order valence-electron chi connectivity index (χ4n) is 9.34. The Kier molecular flexibility index (Phi) is 12.6. The van der Waals surface area contributed by atoms with Gasteiger partial charge in [0.25, 0.3) is 5.56 Å². The molecule has 0 aliphatic carbocycles. The van der Waals surface area contributed by atoms with E-state index in [0.29, 0.717) is 5.56 Å². The number of carbonyl (C=O) groups excluding carboxylic acids is 2. The molecule has 12 heteroatoms. The second-order valence-corrected chi connectivity index (χ2v) is 16.7. The maximum atomic E-state index is 14.6. The monoisotopic (exact) mass is 913 g/mol. The molecular formula is C57H47N5O7. The first-order chi connectivity index (χ1) is 33.8. The zero-order chi connectivity index (χ0) is 47.2. The van der Waals surface area contributed by atoms with Gasteiger partial charge in [0.2, 0.25) is 11.9 Å². The number of aromatic nitrogens is 4. The van der Waals surface area contributed by atoms with E-state index in [-0.39, 0.29) is 23.7 Å². The summed E-state index contributed by atoms with van der Waals surface area (Å²) in [5.41, 5.74) is 2.15. The predicted molar refractivity (Wildman–Crippen MR) is 261 cm³/mol. The van der Waals surface area contributed by atoms with E-state index in [4.69, 9.17) is 18.9 Å². The van der Waals surface area contributed by atoms with Gasteiger partial charge in [-0.25, -0.2) is 9.78 Å². The topological polar surface area (TPSA) is 147 Å². The molecule has 1 aliphatic heterocycles. The number of hydrogen-bond acceptors (Lipinski definition) is 9. The zero-order valence-corrected chi connectivity index (χ0v) is 37.5. The number of imidazole rings is 1. The van der Waals surface area contributed by atoms with Crippen LogP contribution in [-0.4, -0.2) is 56.3 Å². The van der Waals surface area contributed by atoms with Crippen molar-refractivity contribution in [1.29, 1.82) is 0 Å². The van der Waals surface area contributed by atoms with Gasteiger partial charge in [0.1, 0.15) is 23.4 Å². The lowest BCUT2D eigenvalue weighted by Gasteiger charge is -2.40. The molecular weight excluding hydrogens is 867 g/mol. The standard InChI is InChI=1S/C57H47N5O7/c1-39(63)59-55-60-51-48(52(64)61-55)58-38-62(51)53-50(69-57(44-31-17-6-18-32-44,45-33-19-7-20-34-45)46-35-21-8-22-36-46)49(68-54(65)40-23-9-2-10-24-40)47(67-53)37-66-56(41-25-11-3-12-26-41,42-27-13-4-14-28-42)43-29-15-5-16-30-43/h2-36,38,47,49-50,53H,37H2,1H3,(H2,59,60,61,63,64)/t47-,49+,50-,53-/m1/s1. The van der Waals surface area contributed by atoms with Crippen LogP contribution in [0.4, 0.5) is 5.95 Å². The normalized spacial score (nSPS) is 17.1. The molecule has 2 N–H and O–H groups in total. The van der Waals surface area contributed by atoms with Crippen molar-refractivity contribution < 1.29 is 28.5 Å². The number of benzene rings is 7. The Labute approximate surface area is 398 Å². The SMILES string of the molecule is CC(=O)Nc1nc2c(ncn2[C@@H]2O[C@H](COC(c3ccccc3)(c3ccccc3)c3ccccc3)[C@H](OC(=O)c3ccccc3)[C@H]2OC(c2ccccc2)(c2ccccc2)c2ccccc2)c(=O)[nH]1. The number of rotatable bonds is 15. The number of nitrogens with one attached hydrogen (secondary N) is 2. The van der Waals surface area contributed by atoms with Crippen molar-refractivity contribution in [2.24, 2.45) is 0 Å². The first-order valence-electron chi connectivity index (χ1n) is 22.7. The number of H-pyrrole nitrogens is 1. The number of anilines is 1. The van der Waals surface area contributed by atoms with Gasteiger partial charge < -0.3 is 18.9 Å². The molecule has 10 rings (SSSR count). The minimum absolute atomic E-state index is 0.0133. The van der Waals surface area contributed by atoms with Crippen LogP contribution in [0.5, 0.6) is 0 Å². The molecule has 2 aromatic heterocycles. The lowest BCUT2D eigenvalue weighted by molar-refractivity contribution is -0.124. The molecule has 9 aromatic rings. The average molecular weight is 914 g/mol. The highest BCUT2D eigenvalue weighted by Crippen LogP contribution is 2.48. The molecule has 0 saturated carbocycles. The van der Waals surface area contributed by atoms with Gasteiger partial charge in [0.15, 0.2) is 23.5 Å². The fraction of sp³-hybridized carbons (Fsp3) is 0.140. The summed E-state index contributed by atoms with van der Waals surface area (Å²) < 4.78 is 30.9. The molecule has 1 fully saturated rings. The Hall–Kier alpha value is -8.29. The van der Waals surface area contributed by atoms with E-state index in [1.807, 2.05) is 188 Å². The van der Waals surface area contributed by atoms with Crippen molar-refractivity contribution in [2.75, 3.05) is 11.9 Å². The number of carbonyl (C=O) groups is 2. The number of aromatic amines is 1. The Morgan fingerprint density at radius 3 is 1.46 bits per heavy atom. The van der Waals surface area contributed by atoms with Crippen molar-refractivity contribution >= 4 is 29.0 Å². The van der Waals surface area contributed by atoms with Gasteiger partial charge in [0, 0.05) is 6.92 Å². The second kappa shape index (κ2) is 19.5. The lowest BCUT2D eigenvalue weighted by atomic mass is 9.79. The van der Waals surface area contributed by atoms with Crippen LogP contribution >= 0.6 is 0 Å². The van der Waals surface area contributed by atoms with Gasteiger partial charge in [-0.1, -0.05) is 200 Å². The molecule has 1 amide bonds. The quantitative estimate of drug-likeness (QED) is 0.0759. The summed E-state index contributed by atoms with van der Waals surface area (Å²) in [6, 6.07) is 68.1. The van der Waals surface area contributed by atoms with Gasteiger partial charge in [0.05, 0.1) is 18.5 Å². The summed E-state index contributed by atoms with van der Waals surface area (Å²) >= 11 is 0. The summed E-state index contributed by atoms with van der Waals surface area (Å²) in [6.07, 6.45) is -3.17. The maximum absolute atomic E-state index is 14.6. The van der Waals surface area contributed by atoms with Crippen LogP contribution in [0.3, 0.4) is 0 Å². The van der Waals surface area contributed by atoms with Crippen LogP contribution in [0.15, 0.2) is 223 Å². The minimum Gasteiger partial charge on any atom is -0.453 e. The van der Waals surface area contributed by atoms with Gasteiger partial charge in [-0.2, -0.15) is 4.98 Å². The molecule has 0 spiro atoms. The average Bonchev–Trinajstić information content (AvgIpc) is 3.98. The molecule has 3 heterocycles. The molecule has 0 bridgehead atoms. The van der Waals surface area contributed by atoms with Crippen molar-refractivity contribution in [1.82, 2.24) is 19.5 Å². The number of fused-ring (bicyclic) bond motifs is 1. The minimum atomic E-state index is -1.37. The summed E-state index contributed by atoms with van der Waals surface area (Å²) in [5.74, 6) is -1.15. The third-order valence-electron chi connectivity index (χ3n) is 12.4. The van der Waals surface area contributed by atoms with Gasteiger partial charge in [-0.05, 0) is 45.5 Å². The van der Waals surface area contributed by atoms with E-state index in [2.05, 4.69) is 20.3 Å². The first kappa shape index (κ1) is 44.5. The van der Waals surface area contributed by atoms with E-state index < -0.39 is 53.2 Å². The maximum Gasteiger partial charge on any atom is 0.338 e. The van der Waals surface area contributed by atoms with Gasteiger partial charge in [-0.3, -0.25) is 24.5 Å². The highest BCUT2D eigenvalue weighted by atomic mass is 16.6. The number of hydrogen-bond donors (Lipinski definition) is 2. The molecule has 1 aliphatic rings. The molecule has 342 valence electrons. The number of esters is 1. The van der Waals surface area contributed by atoms with E-state index in [1.54, 1.807) is 28.8 Å². The van der Waals surface area contributed by atoms with Crippen LogP contribution in [0.1, 0.15) is 56.9 Å². The van der Waals surface area contributed by atoms with E-state index in [0.717, 1.165) is 33.4 Å². The van der Waals surface area contributed by atoms with E-state index in [9.17, 15) is 14.4 Å². The van der Waals surface area contributed by atoms with Crippen molar-refractivity contribution in [2.45, 2.75) is 42.7 Å². The van der Waals surface area contributed by atoms with Gasteiger partial charge >= 0.3 is 5.97 Å². The highest BCUT2D eigenvalue weighted by molar-refractivity contribution is 5.89. The van der Waals surface area contributed by atoms with Crippen molar-refractivity contribution in [3.05, 3.63) is 268 Å². The number of amides is 1.